The minimum Gasteiger partial charge on any atom is -0.338 e. The van der Waals surface area contributed by atoms with Crippen molar-refractivity contribution >= 4 is 53.2 Å². The van der Waals surface area contributed by atoms with E-state index in [0.717, 1.165) is 55.4 Å². The predicted octanol–water partition coefficient (Wildman–Crippen LogP) is 5.41. The highest BCUT2D eigenvalue weighted by Gasteiger charge is 2.16. The van der Waals surface area contributed by atoms with E-state index in [2.05, 4.69) is 75.7 Å². The number of hydrogen-bond donors (Lipinski definition) is 1. The van der Waals surface area contributed by atoms with Crippen LogP contribution in [0.2, 0.25) is 0 Å². The molecule has 3 aromatic heterocycles. The smallest absolute Gasteiger partial charge is 0.156 e. The molecule has 6 nitrogen and oxygen atoms in total. The van der Waals surface area contributed by atoms with Gasteiger partial charge in [0.1, 0.15) is 5.52 Å². The Labute approximate surface area is 211 Å². The Hall–Kier alpha value is -2.16. The van der Waals surface area contributed by atoms with Gasteiger partial charge in [-0.15, -0.1) is 36.2 Å². The number of fused-ring (bicyclic) bond motifs is 1. The van der Waals surface area contributed by atoms with Gasteiger partial charge in [0.05, 0.1) is 29.3 Å². The van der Waals surface area contributed by atoms with Gasteiger partial charge in [-0.3, -0.25) is 9.30 Å². The number of aromatic nitrogens is 3. The SMILES string of the molecule is Cc1cccc(C)c1Nc1ncc(-c2ccc(CN3CCN(C)CC3)s2)n2cncc12.Cl.Cl. The molecule has 0 spiro atoms. The number of aryl methyl sites for hydroxylation is 2. The van der Waals surface area contributed by atoms with Gasteiger partial charge in [0, 0.05) is 43.3 Å². The molecule has 1 saturated heterocycles. The number of nitrogens with one attached hydrogen (secondary N) is 1. The summed E-state index contributed by atoms with van der Waals surface area (Å²) in [6, 6.07) is 10.8. The van der Waals surface area contributed by atoms with Crippen LogP contribution >= 0.6 is 36.2 Å². The number of thiophene rings is 1. The molecule has 0 aliphatic carbocycles. The molecule has 1 aliphatic rings. The van der Waals surface area contributed by atoms with Crippen molar-refractivity contribution in [2.45, 2.75) is 20.4 Å². The second kappa shape index (κ2) is 10.8. The van der Waals surface area contributed by atoms with Crippen LogP contribution in [0.15, 0.2) is 49.1 Å². The lowest BCUT2D eigenvalue weighted by Crippen LogP contribution is -2.43. The number of benzene rings is 1. The molecule has 1 aliphatic heterocycles. The quantitative estimate of drug-likeness (QED) is 0.393. The van der Waals surface area contributed by atoms with Crippen molar-refractivity contribution in [1.29, 1.82) is 0 Å². The molecule has 1 aromatic carbocycles. The second-order valence-corrected chi connectivity index (χ2v) is 9.55. The largest absolute Gasteiger partial charge is 0.338 e. The molecule has 0 radical (unpaired) electrons. The summed E-state index contributed by atoms with van der Waals surface area (Å²) in [7, 11) is 2.20. The van der Waals surface area contributed by atoms with Crippen LogP contribution in [-0.4, -0.2) is 57.4 Å². The third-order valence-corrected chi connectivity index (χ3v) is 7.16. The topological polar surface area (TPSA) is 48.7 Å². The molecule has 4 heterocycles. The molecule has 0 saturated carbocycles. The number of nitrogens with zero attached hydrogens (tertiary/aromatic N) is 5. The van der Waals surface area contributed by atoms with Crippen molar-refractivity contribution in [3.63, 3.8) is 0 Å². The summed E-state index contributed by atoms with van der Waals surface area (Å²) in [5, 5.41) is 3.53. The molecule has 0 unspecified atom stereocenters. The minimum atomic E-state index is 0. The first-order valence-electron chi connectivity index (χ1n) is 10.7. The van der Waals surface area contributed by atoms with Gasteiger partial charge in [0.25, 0.3) is 0 Å². The van der Waals surface area contributed by atoms with Crippen molar-refractivity contribution in [2.24, 2.45) is 0 Å². The van der Waals surface area contributed by atoms with Crippen LogP contribution in [0.5, 0.6) is 0 Å². The molecule has 4 aromatic rings. The van der Waals surface area contributed by atoms with Crippen molar-refractivity contribution < 1.29 is 0 Å². The van der Waals surface area contributed by atoms with E-state index in [4.69, 9.17) is 4.98 Å². The molecule has 0 atom stereocenters. The van der Waals surface area contributed by atoms with Gasteiger partial charge in [-0.1, -0.05) is 18.2 Å². The summed E-state index contributed by atoms with van der Waals surface area (Å²) < 4.78 is 2.13. The third kappa shape index (κ3) is 5.34. The maximum Gasteiger partial charge on any atom is 0.156 e. The van der Waals surface area contributed by atoms with Gasteiger partial charge < -0.3 is 10.2 Å². The average molecular weight is 506 g/mol. The van der Waals surface area contributed by atoms with E-state index in [1.807, 2.05) is 30.1 Å². The second-order valence-electron chi connectivity index (χ2n) is 8.38. The fourth-order valence-corrected chi connectivity index (χ4v) is 5.21. The van der Waals surface area contributed by atoms with Crippen LogP contribution in [0.1, 0.15) is 16.0 Å². The Morgan fingerprint density at radius 1 is 0.970 bits per heavy atom. The molecule has 9 heteroatoms. The van der Waals surface area contributed by atoms with Crippen molar-refractivity contribution in [2.75, 3.05) is 38.5 Å². The van der Waals surface area contributed by atoms with E-state index in [0.29, 0.717) is 0 Å². The molecule has 1 N–H and O–H groups in total. The molecular weight excluding hydrogens is 475 g/mol. The highest BCUT2D eigenvalue weighted by Crippen LogP contribution is 2.32. The van der Waals surface area contributed by atoms with E-state index in [1.54, 1.807) is 0 Å². The third-order valence-electron chi connectivity index (χ3n) is 6.07. The lowest BCUT2D eigenvalue weighted by Gasteiger charge is -2.31. The van der Waals surface area contributed by atoms with Crippen LogP contribution in [-0.2, 0) is 6.54 Å². The molecule has 176 valence electrons. The zero-order valence-electron chi connectivity index (χ0n) is 19.1. The standard InChI is InChI=1S/C24H28N6S.2ClH/c1-17-5-4-6-18(2)23(17)27-24-21-13-25-16-30(21)20(14-26-24)22-8-7-19(31-22)15-29-11-9-28(3)10-12-29;;/h4-8,13-14,16H,9-12,15H2,1-3H3,(H,26,27);2*1H. The van der Waals surface area contributed by atoms with Gasteiger partial charge in [-0.2, -0.15) is 0 Å². The van der Waals surface area contributed by atoms with Crippen LogP contribution in [0.3, 0.4) is 0 Å². The van der Waals surface area contributed by atoms with E-state index in [-0.39, 0.29) is 24.8 Å². The Morgan fingerprint density at radius 3 is 2.42 bits per heavy atom. The average Bonchev–Trinajstić information content (AvgIpc) is 3.43. The molecule has 1 fully saturated rings. The summed E-state index contributed by atoms with van der Waals surface area (Å²) in [6.45, 7) is 9.81. The number of imidazole rings is 1. The van der Waals surface area contributed by atoms with Gasteiger partial charge >= 0.3 is 0 Å². The lowest BCUT2D eigenvalue weighted by molar-refractivity contribution is 0.149. The molecular formula is C24H30Cl2N6S. The van der Waals surface area contributed by atoms with E-state index in [9.17, 15) is 0 Å². The fourth-order valence-electron chi connectivity index (χ4n) is 4.15. The first-order chi connectivity index (χ1) is 15.1. The number of hydrogen-bond acceptors (Lipinski definition) is 6. The van der Waals surface area contributed by atoms with E-state index >= 15 is 0 Å². The van der Waals surface area contributed by atoms with Crippen molar-refractivity contribution in [1.82, 2.24) is 24.2 Å². The normalized spacial score (nSPS) is 14.6. The van der Waals surface area contributed by atoms with Gasteiger partial charge in [0.15, 0.2) is 5.82 Å². The molecule has 5 rings (SSSR count). The van der Waals surface area contributed by atoms with Crippen LogP contribution in [0.25, 0.3) is 16.1 Å². The Kier molecular flexibility index (Phi) is 8.37. The zero-order chi connectivity index (χ0) is 21.4. The van der Waals surface area contributed by atoms with Crippen molar-refractivity contribution in [3.8, 4) is 10.6 Å². The summed E-state index contributed by atoms with van der Waals surface area (Å²) in [4.78, 5) is 16.8. The van der Waals surface area contributed by atoms with Crippen LogP contribution in [0.4, 0.5) is 11.5 Å². The molecule has 33 heavy (non-hydrogen) atoms. The van der Waals surface area contributed by atoms with Gasteiger partial charge in [-0.25, -0.2) is 9.97 Å². The maximum atomic E-state index is 4.79. The fraction of sp³-hybridized carbons (Fsp3) is 0.333. The number of rotatable bonds is 5. The zero-order valence-corrected chi connectivity index (χ0v) is 21.6. The number of likely N-dealkylation sites (N-methyl/N-ethyl adjacent to an activating group) is 1. The summed E-state index contributed by atoms with van der Waals surface area (Å²) >= 11 is 1.85. The Balaban J connectivity index is 0.00000153. The van der Waals surface area contributed by atoms with Crippen molar-refractivity contribution in [3.05, 3.63) is 65.1 Å². The number of piperazine rings is 1. The first-order valence-corrected chi connectivity index (χ1v) is 11.5. The van der Waals surface area contributed by atoms with E-state index < -0.39 is 0 Å². The molecule has 0 amide bonds. The van der Waals surface area contributed by atoms with Crippen LogP contribution in [0, 0.1) is 13.8 Å². The Bertz CT molecular complexity index is 1190. The van der Waals surface area contributed by atoms with Gasteiger partial charge in [-0.05, 0) is 44.2 Å². The highest BCUT2D eigenvalue weighted by molar-refractivity contribution is 7.15. The Morgan fingerprint density at radius 2 is 1.70 bits per heavy atom. The minimum absolute atomic E-state index is 0. The molecule has 0 bridgehead atoms. The first kappa shape index (κ1) is 25.5. The van der Waals surface area contributed by atoms with Crippen LogP contribution < -0.4 is 5.32 Å². The number of halogens is 2. The number of para-hydroxylation sites is 1. The highest BCUT2D eigenvalue weighted by atomic mass is 35.5. The van der Waals surface area contributed by atoms with E-state index in [1.165, 1.54) is 20.9 Å². The number of anilines is 2. The predicted molar refractivity (Wildman–Crippen MR) is 143 cm³/mol. The maximum absolute atomic E-state index is 4.79. The summed E-state index contributed by atoms with van der Waals surface area (Å²) in [5.41, 5.74) is 5.57. The lowest BCUT2D eigenvalue weighted by atomic mass is 10.1. The van der Waals surface area contributed by atoms with Gasteiger partial charge in [0.2, 0.25) is 0 Å². The summed E-state index contributed by atoms with van der Waals surface area (Å²) in [5.74, 6) is 0.827. The monoisotopic (exact) mass is 504 g/mol. The summed E-state index contributed by atoms with van der Waals surface area (Å²) in [6.07, 6.45) is 5.71.